The summed E-state index contributed by atoms with van der Waals surface area (Å²) in [5.41, 5.74) is 1.50. The lowest BCUT2D eigenvalue weighted by Gasteiger charge is -2.27. The van der Waals surface area contributed by atoms with Crippen molar-refractivity contribution in [3.63, 3.8) is 0 Å². The van der Waals surface area contributed by atoms with Crippen LogP contribution in [0.25, 0.3) is 11.3 Å². The highest BCUT2D eigenvalue weighted by Crippen LogP contribution is 2.20. The molecule has 0 unspecified atom stereocenters. The van der Waals surface area contributed by atoms with Gasteiger partial charge in [-0.2, -0.15) is 0 Å². The molecule has 0 radical (unpaired) electrons. The van der Waals surface area contributed by atoms with Crippen molar-refractivity contribution in [1.82, 2.24) is 20.0 Å². The van der Waals surface area contributed by atoms with Gasteiger partial charge in [0.05, 0.1) is 12.2 Å². The number of aromatic nitrogens is 2. The molecular weight excluding hydrogens is 409 g/mol. The third kappa shape index (κ3) is 6.24. The summed E-state index contributed by atoms with van der Waals surface area (Å²) in [6, 6.07) is 9.97. The topological polar surface area (TPSA) is 69.6 Å². The molecule has 2 aromatic rings. The second-order valence-corrected chi connectivity index (χ2v) is 8.03. The fourth-order valence-corrected chi connectivity index (χ4v) is 3.79. The molecule has 0 bridgehead atoms. The molecule has 32 heavy (non-hydrogen) atoms. The summed E-state index contributed by atoms with van der Waals surface area (Å²) in [5, 5.41) is 8.65. The number of carbonyl (C=O) groups excluding carboxylic acids is 2. The number of benzene rings is 1. The molecule has 1 aromatic carbocycles. The number of hydrogen-bond donors (Lipinski definition) is 0. The van der Waals surface area contributed by atoms with Gasteiger partial charge in [-0.25, -0.2) is 4.39 Å². The molecule has 3 rings (SSSR count). The van der Waals surface area contributed by atoms with Crippen molar-refractivity contribution in [2.24, 2.45) is 0 Å². The Morgan fingerprint density at radius 1 is 1.00 bits per heavy atom. The van der Waals surface area contributed by atoms with Crippen LogP contribution in [-0.2, 0) is 9.59 Å². The van der Waals surface area contributed by atoms with E-state index >= 15 is 0 Å². The zero-order valence-electron chi connectivity index (χ0n) is 19.0. The molecule has 0 saturated carbocycles. The van der Waals surface area contributed by atoms with Gasteiger partial charge >= 0.3 is 0 Å². The first-order chi connectivity index (χ1) is 15.5. The predicted molar refractivity (Wildman–Crippen MR) is 123 cm³/mol. The zero-order valence-corrected chi connectivity index (χ0v) is 19.0. The van der Waals surface area contributed by atoms with E-state index in [4.69, 9.17) is 0 Å². The van der Waals surface area contributed by atoms with Gasteiger partial charge in [-0.15, -0.1) is 10.2 Å². The highest BCUT2D eigenvalue weighted by molar-refractivity contribution is 5.84. The van der Waals surface area contributed by atoms with Crippen LogP contribution in [0.4, 0.5) is 10.2 Å². The van der Waals surface area contributed by atoms with Gasteiger partial charge in [-0.05, 0) is 49.2 Å². The lowest BCUT2D eigenvalue weighted by Crippen LogP contribution is -2.44. The Morgan fingerprint density at radius 3 is 2.44 bits per heavy atom. The summed E-state index contributed by atoms with van der Waals surface area (Å²) in [6.45, 7) is 7.38. The Hall–Kier alpha value is -3.03. The molecule has 7 nitrogen and oxygen atoms in total. The number of amides is 2. The maximum absolute atomic E-state index is 13.1. The summed E-state index contributed by atoms with van der Waals surface area (Å²) in [4.78, 5) is 30.7. The maximum Gasteiger partial charge on any atom is 0.242 e. The van der Waals surface area contributed by atoms with Crippen LogP contribution in [0.5, 0.6) is 0 Å². The van der Waals surface area contributed by atoms with E-state index in [-0.39, 0.29) is 24.2 Å². The summed E-state index contributed by atoms with van der Waals surface area (Å²) >= 11 is 0. The van der Waals surface area contributed by atoms with E-state index in [2.05, 4.69) is 22.0 Å². The molecule has 1 aliphatic rings. The van der Waals surface area contributed by atoms with Crippen molar-refractivity contribution in [3.05, 3.63) is 42.2 Å². The molecule has 1 saturated heterocycles. The van der Waals surface area contributed by atoms with Crippen molar-refractivity contribution >= 4 is 17.6 Å². The number of halogens is 1. The lowest BCUT2D eigenvalue weighted by atomic mass is 10.1. The first-order valence-electron chi connectivity index (χ1n) is 11.4. The molecule has 0 aliphatic carbocycles. The van der Waals surface area contributed by atoms with Crippen molar-refractivity contribution in [3.8, 4) is 11.3 Å². The minimum Gasteiger partial charge on any atom is -0.353 e. The molecule has 0 spiro atoms. The smallest absolute Gasteiger partial charge is 0.242 e. The predicted octanol–water partition coefficient (Wildman–Crippen LogP) is 3.36. The highest BCUT2D eigenvalue weighted by Gasteiger charge is 2.23. The van der Waals surface area contributed by atoms with E-state index < -0.39 is 0 Å². The summed E-state index contributed by atoms with van der Waals surface area (Å²) in [7, 11) is 0. The first kappa shape index (κ1) is 23.6. The van der Waals surface area contributed by atoms with Crippen molar-refractivity contribution < 1.29 is 14.0 Å². The van der Waals surface area contributed by atoms with E-state index in [0.717, 1.165) is 37.2 Å². The SMILES string of the molecule is CCCCN(CC(=O)N1CCCN(c2ccc(-c3ccc(F)cc3)nn2)CC1)C(=O)CC. The standard InChI is InChI=1S/C24H32FN5O2/c1-3-5-13-30(23(31)4-2)18-24(32)29-15-6-14-28(16-17-29)22-12-11-21(26-27-22)19-7-9-20(25)10-8-19/h7-12H,3-6,13-18H2,1-2H3. The van der Waals surface area contributed by atoms with Crippen LogP contribution in [0.2, 0.25) is 0 Å². The molecule has 1 aromatic heterocycles. The average molecular weight is 442 g/mol. The van der Waals surface area contributed by atoms with Crippen LogP contribution in [0.1, 0.15) is 39.5 Å². The fourth-order valence-electron chi connectivity index (χ4n) is 3.79. The molecule has 2 amide bonds. The van der Waals surface area contributed by atoms with Crippen LogP contribution in [0.15, 0.2) is 36.4 Å². The molecule has 2 heterocycles. The summed E-state index contributed by atoms with van der Waals surface area (Å²) < 4.78 is 13.1. The molecule has 172 valence electrons. The Bertz CT molecular complexity index is 888. The Balaban J connectivity index is 1.58. The van der Waals surface area contributed by atoms with Crippen LogP contribution in [0, 0.1) is 5.82 Å². The van der Waals surface area contributed by atoms with Crippen molar-refractivity contribution in [2.75, 3.05) is 44.2 Å². The van der Waals surface area contributed by atoms with Crippen molar-refractivity contribution in [1.29, 1.82) is 0 Å². The average Bonchev–Trinajstić information content (AvgIpc) is 3.08. The Kier molecular flexibility index (Phi) is 8.53. The van der Waals surface area contributed by atoms with Crippen LogP contribution in [-0.4, -0.2) is 71.1 Å². The summed E-state index contributed by atoms with van der Waals surface area (Å²) in [6.07, 6.45) is 3.13. The summed E-state index contributed by atoms with van der Waals surface area (Å²) in [5.74, 6) is 0.507. The zero-order chi connectivity index (χ0) is 22.9. The Labute approximate surface area is 189 Å². The normalized spacial score (nSPS) is 14.2. The molecule has 8 heteroatoms. The van der Waals surface area contributed by atoms with Gasteiger partial charge in [0.15, 0.2) is 5.82 Å². The number of nitrogens with zero attached hydrogens (tertiary/aromatic N) is 5. The van der Waals surface area contributed by atoms with Gasteiger partial charge in [0.1, 0.15) is 5.82 Å². The van der Waals surface area contributed by atoms with E-state index in [9.17, 15) is 14.0 Å². The van der Waals surface area contributed by atoms with Gasteiger partial charge in [0, 0.05) is 44.7 Å². The first-order valence-corrected chi connectivity index (χ1v) is 11.4. The number of rotatable bonds is 8. The fraction of sp³-hybridized carbons (Fsp3) is 0.500. The molecule has 0 N–H and O–H groups in total. The van der Waals surface area contributed by atoms with E-state index in [1.54, 1.807) is 17.0 Å². The molecule has 1 aliphatic heterocycles. The van der Waals surface area contributed by atoms with E-state index in [0.29, 0.717) is 38.3 Å². The Morgan fingerprint density at radius 2 is 1.78 bits per heavy atom. The molecule has 0 atom stereocenters. The van der Waals surface area contributed by atoms with Gasteiger partial charge in [-0.3, -0.25) is 9.59 Å². The molecule has 1 fully saturated rings. The minimum absolute atomic E-state index is 0.00231. The highest BCUT2D eigenvalue weighted by atomic mass is 19.1. The largest absolute Gasteiger partial charge is 0.353 e. The number of anilines is 1. The quantitative estimate of drug-likeness (QED) is 0.628. The van der Waals surface area contributed by atoms with Crippen molar-refractivity contribution in [2.45, 2.75) is 39.5 Å². The number of carbonyl (C=O) groups is 2. The maximum atomic E-state index is 13.1. The van der Waals surface area contributed by atoms with Crippen LogP contribution >= 0.6 is 0 Å². The van der Waals surface area contributed by atoms with Crippen LogP contribution in [0.3, 0.4) is 0 Å². The minimum atomic E-state index is -0.283. The van der Waals surface area contributed by atoms with Gasteiger partial charge in [0.2, 0.25) is 11.8 Å². The van der Waals surface area contributed by atoms with E-state index in [1.165, 1.54) is 12.1 Å². The number of hydrogen-bond acceptors (Lipinski definition) is 5. The molecular formula is C24H32FN5O2. The number of unbranched alkanes of at least 4 members (excludes halogenated alkanes) is 1. The van der Waals surface area contributed by atoms with E-state index in [1.807, 2.05) is 24.0 Å². The van der Waals surface area contributed by atoms with Crippen LogP contribution < -0.4 is 4.90 Å². The third-order valence-corrected chi connectivity index (χ3v) is 5.73. The lowest BCUT2D eigenvalue weighted by molar-refractivity contribution is -0.140. The monoisotopic (exact) mass is 441 g/mol. The van der Waals surface area contributed by atoms with Gasteiger partial charge in [0.25, 0.3) is 0 Å². The second kappa shape index (κ2) is 11.5. The second-order valence-electron chi connectivity index (χ2n) is 8.03. The third-order valence-electron chi connectivity index (χ3n) is 5.73. The van der Waals surface area contributed by atoms with Gasteiger partial charge in [-0.1, -0.05) is 20.3 Å². The van der Waals surface area contributed by atoms with Gasteiger partial charge < -0.3 is 14.7 Å².